The molecule has 0 saturated heterocycles. The smallest absolute Gasteiger partial charge is 0.302 e. The van der Waals surface area contributed by atoms with E-state index in [1.165, 1.54) is 6.92 Å². The van der Waals surface area contributed by atoms with Crippen molar-refractivity contribution in [2.45, 2.75) is 20.5 Å². The Kier molecular flexibility index (Phi) is 3.92. The molecule has 1 aromatic rings. The van der Waals surface area contributed by atoms with E-state index in [0.717, 1.165) is 16.8 Å². The molecule has 0 atom stereocenters. The SMILES string of the molecule is C=CNc1ccc(COC(C)=O)c(C)c1. The van der Waals surface area contributed by atoms with Gasteiger partial charge in [-0.3, -0.25) is 4.79 Å². The number of rotatable bonds is 4. The third-order valence-electron chi connectivity index (χ3n) is 2.04. The molecule has 15 heavy (non-hydrogen) atoms. The second-order valence-electron chi connectivity index (χ2n) is 3.27. The molecule has 3 nitrogen and oxygen atoms in total. The minimum Gasteiger partial charge on any atom is -0.461 e. The fourth-order valence-electron chi connectivity index (χ4n) is 1.24. The summed E-state index contributed by atoms with van der Waals surface area (Å²) in [5.41, 5.74) is 3.08. The lowest BCUT2D eigenvalue weighted by molar-refractivity contribution is -0.142. The second-order valence-corrected chi connectivity index (χ2v) is 3.27. The Morgan fingerprint density at radius 3 is 2.87 bits per heavy atom. The van der Waals surface area contributed by atoms with Gasteiger partial charge in [-0.2, -0.15) is 0 Å². The molecule has 1 N–H and O–H groups in total. The Balaban J connectivity index is 2.74. The number of anilines is 1. The quantitative estimate of drug-likeness (QED) is 0.768. The number of benzene rings is 1. The largest absolute Gasteiger partial charge is 0.461 e. The molecule has 1 aromatic carbocycles. The zero-order valence-electron chi connectivity index (χ0n) is 9.04. The van der Waals surface area contributed by atoms with E-state index >= 15 is 0 Å². The molecule has 0 amide bonds. The van der Waals surface area contributed by atoms with Crippen LogP contribution in [0.15, 0.2) is 31.0 Å². The van der Waals surface area contributed by atoms with E-state index < -0.39 is 0 Å². The van der Waals surface area contributed by atoms with Gasteiger partial charge in [-0.15, -0.1) is 0 Å². The lowest BCUT2D eigenvalue weighted by Gasteiger charge is -2.08. The predicted molar refractivity (Wildman–Crippen MR) is 60.5 cm³/mol. The number of ether oxygens (including phenoxy) is 1. The van der Waals surface area contributed by atoms with Gasteiger partial charge in [0.1, 0.15) is 6.61 Å². The van der Waals surface area contributed by atoms with Crippen molar-refractivity contribution in [3.8, 4) is 0 Å². The van der Waals surface area contributed by atoms with Crippen molar-refractivity contribution in [3.05, 3.63) is 42.1 Å². The van der Waals surface area contributed by atoms with E-state index in [2.05, 4.69) is 11.9 Å². The highest BCUT2D eigenvalue weighted by molar-refractivity contribution is 5.66. The molecule has 0 bridgehead atoms. The molecular weight excluding hydrogens is 190 g/mol. The average Bonchev–Trinajstić information content (AvgIpc) is 2.17. The van der Waals surface area contributed by atoms with Crippen LogP contribution in [0.4, 0.5) is 5.69 Å². The monoisotopic (exact) mass is 205 g/mol. The fraction of sp³-hybridized carbons (Fsp3) is 0.250. The number of aryl methyl sites for hydroxylation is 1. The van der Waals surface area contributed by atoms with Gasteiger partial charge in [-0.1, -0.05) is 12.6 Å². The molecule has 0 spiro atoms. The summed E-state index contributed by atoms with van der Waals surface area (Å²) in [5.74, 6) is -0.261. The first-order valence-electron chi connectivity index (χ1n) is 4.74. The minimum absolute atomic E-state index is 0.261. The van der Waals surface area contributed by atoms with Gasteiger partial charge in [0.05, 0.1) is 0 Å². The molecular formula is C12H15NO2. The number of hydrogen-bond donors (Lipinski definition) is 1. The summed E-state index contributed by atoms with van der Waals surface area (Å²) < 4.78 is 4.93. The first kappa shape index (κ1) is 11.3. The van der Waals surface area contributed by atoms with Gasteiger partial charge in [0, 0.05) is 12.6 Å². The van der Waals surface area contributed by atoms with Crippen LogP contribution < -0.4 is 5.32 Å². The molecule has 0 aliphatic rings. The molecule has 0 radical (unpaired) electrons. The van der Waals surface area contributed by atoms with Crippen molar-refractivity contribution in [1.29, 1.82) is 0 Å². The van der Waals surface area contributed by atoms with Crippen molar-refractivity contribution >= 4 is 11.7 Å². The lowest BCUT2D eigenvalue weighted by Crippen LogP contribution is -2.00. The first-order chi connectivity index (χ1) is 7.13. The van der Waals surface area contributed by atoms with E-state index in [1.807, 2.05) is 25.1 Å². The molecule has 0 aromatic heterocycles. The molecule has 0 fully saturated rings. The topological polar surface area (TPSA) is 38.3 Å². The van der Waals surface area contributed by atoms with Crippen LogP contribution in [0.25, 0.3) is 0 Å². The van der Waals surface area contributed by atoms with Crippen LogP contribution in [0, 0.1) is 6.92 Å². The summed E-state index contributed by atoms with van der Waals surface area (Å²) in [5, 5.41) is 3.00. The molecule has 0 aliphatic carbocycles. The Hall–Kier alpha value is -1.77. The summed E-state index contributed by atoms with van der Waals surface area (Å²) >= 11 is 0. The lowest BCUT2D eigenvalue weighted by atomic mass is 10.1. The second kappa shape index (κ2) is 5.20. The Bertz CT molecular complexity index is 372. The molecule has 1 rings (SSSR count). The Morgan fingerprint density at radius 1 is 1.60 bits per heavy atom. The highest BCUT2D eigenvalue weighted by Gasteiger charge is 2.01. The van der Waals surface area contributed by atoms with Gasteiger partial charge in [0.15, 0.2) is 0 Å². The van der Waals surface area contributed by atoms with Crippen LogP contribution in [-0.4, -0.2) is 5.97 Å². The highest BCUT2D eigenvalue weighted by Crippen LogP contribution is 2.15. The average molecular weight is 205 g/mol. The van der Waals surface area contributed by atoms with Gasteiger partial charge in [0.25, 0.3) is 0 Å². The molecule has 0 aliphatic heterocycles. The van der Waals surface area contributed by atoms with Crippen molar-refractivity contribution in [1.82, 2.24) is 0 Å². The summed E-state index contributed by atoms with van der Waals surface area (Å²) in [6.45, 7) is 7.30. The number of carbonyl (C=O) groups is 1. The van der Waals surface area contributed by atoms with E-state index in [1.54, 1.807) is 6.20 Å². The fourth-order valence-corrected chi connectivity index (χ4v) is 1.24. The van der Waals surface area contributed by atoms with Crippen LogP contribution in [0.5, 0.6) is 0 Å². The van der Waals surface area contributed by atoms with Crippen LogP contribution in [0.3, 0.4) is 0 Å². The third-order valence-corrected chi connectivity index (χ3v) is 2.04. The number of nitrogens with one attached hydrogen (secondary N) is 1. The third kappa shape index (κ3) is 3.46. The number of carbonyl (C=O) groups excluding carboxylic acids is 1. The summed E-state index contributed by atoms with van der Waals surface area (Å²) in [4.78, 5) is 10.6. The first-order valence-corrected chi connectivity index (χ1v) is 4.74. The summed E-state index contributed by atoms with van der Waals surface area (Å²) in [6.07, 6.45) is 1.63. The molecule has 0 saturated carbocycles. The number of esters is 1. The maximum absolute atomic E-state index is 10.6. The Labute approximate surface area is 89.8 Å². The minimum atomic E-state index is -0.261. The van der Waals surface area contributed by atoms with Crippen molar-refractivity contribution < 1.29 is 9.53 Å². The van der Waals surface area contributed by atoms with Gasteiger partial charge in [0.2, 0.25) is 0 Å². The zero-order valence-corrected chi connectivity index (χ0v) is 9.04. The van der Waals surface area contributed by atoms with Gasteiger partial charge < -0.3 is 10.1 Å². The zero-order chi connectivity index (χ0) is 11.3. The summed E-state index contributed by atoms with van der Waals surface area (Å²) in [7, 11) is 0. The van der Waals surface area contributed by atoms with E-state index in [4.69, 9.17) is 4.74 Å². The van der Waals surface area contributed by atoms with Gasteiger partial charge in [-0.25, -0.2) is 0 Å². The van der Waals surface area contributed by atoms with Crippen LogP contribution >= 0.6 is 0 Å². The predicted octanol–water partition coefficient (Wildman–Crippen LogP) is 2.61. The molecule has 0 heterocycles. The maximum Gasteiger partial charge on any atom is 0.302 e. The highest BCUT2D eigenvalue weighted by atomic mass is 16.5. The van der Waals surface area contributed by atoms with Crippen molar-refractivity contribution in [2.24, 2.45) is 0 Å². The Morgan fingerprint density at radius 2 is 2.33 bits per heavy atom. The normalized spacial score (nSPS) is 9.47. The maximum atomic E-state index is 10.6. The summed E-state index contributed by atoms with van der Waals surface area (Å²) in [6, 6.07) is 5.85. The van der Waals surface area contributed by atoms with Crippen LogP contribution in [0.2, 0.25) is 0 Å². The van der Waals surface area contributed by atoms with E-state index in [-0.39, 0.29) is 5.97 Å². The van der Waals surface area contributed by atoms with Crippen LogP contribution in [0.1, 0.15) is 18.1 Å². The van der Waals surface area contributed by atoms with E-state index in [0.29, 0.717) is 6.61 Å². The van der Waals surface area contributed by atoms with Gasteiger partial charge in [-0.05, 0) is 36.4 Å². The number of hydrogen-bond acceptors (Lipinski definition) is 3. The standard InChI is InChI=1S/C12H15NO2/c1-4-13-12-6-5-11(9(2)7-12)8-15-10(3)14/h4-7,13H,1,8H2,2-3H3. The molecule has 3 heteroatoms. The van der Waals surface area contributed by atoms with Crippen molar-refractivity contribution in [3.63, 3.8) is 0 Å². The molecule has 80 valence electrons. The van der Waals surface area contributed by atoms with E-state index in [9.17, 15) is 4.79 Å². The van der Waals surface area contributed by atoms with Crippen LogP contribution in [-0.2, 0) is 16.1 Å². The van der Waals surface area contributed by atoms with Crippen molar-refractivity contribution in [2.75, 3.05) is 5.32 Å². The van der Waals surface area contributed by atoms with Gasteiger partial charge >= 0.3 is 5.97 Å². The molecule has 0 unspecified atom stereocenters.